The van der Waals surface area contributed by atoms with Crippen molar-refractivity contribution in [3.8, 4) is 0 Å². The number of nitrogens with zero attached hydrogens (tertiary/aromatic N) is 3. The number of hydrogen-bond acceptors (Lipinski definition) is 5. The van der Waals surface area contributed by atoms with Crippen LogP contribution in [0.25, 0.3) is 10.9 Å². The molecule has 0 bridgehead atoms. The summed E-state index contributed by atoms with van der Waals surface area (Å²) >= 11 is 0. The SMILES string of the molecule is Cc1cc(N2CCOCC2)c2c([N+](=O)[O-])ccc(C)c2n1. The van der Waals surface area contributed by atoms with E-state index in [0.717, 1.165) is 30.0 Å². The van der Waals surface area contributed by atoms with E-state index in [1.807, 2.05) is 19.9 Å². The van der Waals surface area contributed by atoms with Crippen LogP contribution in [0.5, 0.6) is 0 Å². The van der Waals surface area contributed by atoms with Gasteiger partial charge in [-0.25, -0.2) is 0 Å². The summed E-state index contributed by atoms with van der Waals surface area (Å²) in [5.41, 5.74) is 3.54. The van der Waals surface area contributed by atoms with Crippen molar-refractivity contribution in [1.82, 2.24) is 4.98 Å². The monoisotopic (exact) mass is 287 g/mol. The van der Waals surface area contributed by atoms with Gasteiger partial charge >= 0.3 is 0 Å². The first kappa shape index (κ1) is 13.8. The lowest BCUT2D eigenvalue weighted by atomic mass is 10.1. The summed E-state index contributed by atoms with van der Waals surface area (Å²) in [5, 5.41) is 12.0. The summed E-state index contributed by atoms with van der Waals surface area (Å²) in [7, 11) is 0. The van der Waals surface area contributed by atoms with Crippen LogP contribution in [0.3, 0.4) is 0 Å². The van der Waals surface area contributed by atoms with E-state index < -0.39 is 0 Å². The van der Waals surface area contributed by atoms with Gasteiger partial charge in [0, 0.05) is 24.8 Å². The van der Waals surface area contributed by atoms with Gasteiger partial charge < -0.3 is 9.64 Å². The fourth-order valence-corrected chi connectivity index (χ4v) is 2.77. The molecule has 0 spiro atoms. The maximum Gasteiger partial charge on any atom is 0.280 e. The number of non-ortho nitro benzene ring substituents is 1. The van der Waals surface area contributed by atoms with Gasteiger partial charge in [-0.15, -0.1) is 0 Å². The van der Waals surface area contributed by atoms with E-state index in [1.54, 1.807) is 12.1 Å². The van der Waals surface area contributed by atoms with Crippen LogP contribution in [0.2, 0.25) is 0 Å². The summed E-state index contributed by atoms with van der Waals surface area (Å²) in [6.07, 6.45) is 0. The van der Waals surface area contributed by atoms with Crippen molar-refractivity contribution in [3.63, 3.8) is 0 Å². The van der Waals surface area contributed by atoms with Crippen LogP contribution in [0, 0.1) is 24.0 Å². The number of pyridine rings is 1. The molecule has 0 saturated carbocycles. The minimum Gasteiger partial charge on any atom is -0.378 e. The van der Waals surface area contributed by atoms with E-state index in [-0.39, 0.29) is 10.6 Å². The van der Waals surface area contributed by atoms with Gasteiger partial charge in [0.2, 0.25) is 0 Å². The number of benzene rings is 1. The van der Waals surface area contributed by atoms with E-state index >= 15 is 0 Å². The number of hydrogen-bond donors (Lipinski definition) is 0. The van der Waals surface area contributed by atoms with Gasteiger partial charge in [0.1, 0.15) is 5.39 Å². The quantitative estimate of drug-likeness (QED) is 0.627. The van der Waals surface area contributed by atoms with Gasteiger partial charge in [-0.2, -0.15) is 0 Å². The van der Waals surface area contributed by atoms with Crippen LogP contribution in [-0.4, -0.2) is 36.2 Å². The number of anilines is 1. The van der Waals surface area contributed by atoms with E-state index in [1.165, 1.54) is 0 Å². The van der Waals surface area contributed by atoms with E-state index in [2.05, 4.69) is 9.88 Å². The lowest BCUT2D eigenvalue weighted by Crippen LogP contribution is -2.36. The average Bonchev–Trinajstić information content (AvgIpc) is 2.48. The molecule has 0 aliphatic carbocycles. The number of nitro benzene ring substituents is 1. The lowest BCUT2D eigenvalue weighted by molar-refractivity contribution is -0.383. The number of morpholine rings is 1. The zero-order valence-electron chi connectivity index (χ0n) is 12.1. The molecule has 0 unspecified atom stereocenters. The van der Waals surface area contributed by atoms with Crippen molar-refractivity contribution in [2.75, 3.05) is 31.2 Å². The van der Waals surface area contributed by atoms with Crippen molar-refractivity contribution < 1.29 is 9.66 Å². The number of aryl methyl sites for hydroxylation is 2. The van der Waals surface area contributed by atoms with Crippen molar-refractivity contribution >= 4 is 22.3 Å². The fourth-order valence-electron chi connectivity index (χ4n) is 2.77. The topological polar surface area (TPSA) is 68.5 Å². The van der Waals surface area contributed by atoms with Crippen LogP contribution in [0.4, 0.5) is 11.4 Å². The second kappa shape index (κ2) is 5.29. The Morgan fingerprint density at radius 2 is 2.00 bits per heavy atom. The maximum absolute atomic E-state index is 11.4. The molecular weight excluding hydrogens is 270 g/mol. The van der Waals surface area contributed by atoms with Crippen LogP contribution in [0.15, 0.2) is 18.2 Å². The molecule has 0 atom stereocenters. The van der Waals surface area contributed by atoms with Crippen LogP contribution in [0.1, 0.15) is 11.3 Å². The third kappa shape index (κ3) is 2.42. The highest BCUT2D eigenvalue weighted by molar-refractivity contribution is 6.00. The van der Waals surface area contributed by atoms with Crippen LogP contribution >= 0.6 is 0 Å². The molecule has 1 aliphatic heterocycles. The third-order valence-electron chi connectivity index (χ3n) is 3.80. The van der Waals surface area contributed by atoms with Crippen LogP contribution in [-0.2, 0) is 4.74 Å². The number of aromatic nitrogens is 1. The van der Waals surface area contributed by atoms with Crippen molar-refractivity contribution in [2.24, 2.45) is 0 Å². The summed E-state index contributed by atoms with van der Waals surface area (Å²) in [6.45, 7) is 6.61. The highest BCUT2D eigenvalue weighted by Gasteiger charge is 2.22. The van der Waals surface area contributed by atoms with Gasteiger partial charge in [-0.1, -0.05) is 6.07 Å². The molecule has 2 aromatic rings. The predicted octanol–water partition coefficient (Wildman–Crippen LogP) is 2.60. The zero-order chi connectivity index (χ0) is 15.0. The van der Waals surface area contributed by atoms with Gasteiger partial charge in [-0.05, 0) is 25.5 Å². The molecule has 6 nitrogen and oxygen atoms in total. The molecule has 1 fully saturated rings. The predicted molar refractivity (Wildman–Crippen MR) is 80.9 cm³/mol. The molecule has 6 heteroatoms. The summed E-state index contributed by atoms with van der Waals surface area (Å²) in [4.78, 5) is 17.7. The smallest absolute Gasteiger partial charge is 0.280 e. The standard InChI is InChI=1S/C15H17N3O3/c1-10-3-4-12(18(19)20)14-13(9-11(2)16-15(10)14)17-5-7-21-8-6-17/h3-4,9H,5-8H2,1-2H3. The van der Waals surface area contributed by atoms with E-state index in [0.29, 0.717) is 24.1 Å². The molecule has 21 heavy (non-hydrogen) atoms. The molecule has 0 N–H and O–H groups in total. The lowest BCUT2D eigenvalue weighted by Gasteiger charge is -2.30. The first-order chi connectivity index (χ1) is 10.1. The maximum atomic E-state index is 11.4. The molecule has 110 valence electrons. The molecule has 1 aromatic carbocycles. The minimum absolute atomic E-state index is 0.115. The number of rotatable bonds is 2. The minimum atomic E-state index is -0.331. The highest BCUT2D eigenvalue weighted by atomic mass is 16.6. The second-order valence-electron chi connectivity index (χ2n) is 5.26. The third-order valence-corrected chi connectivity index (χ3v) is 3.80. The molecule has 3 rings (SSSR count). The Morgan fingerprint density at radius 3 is 2.67 bits per heavy atom. The van der Waals surface area contributed by atoms with Gasteiger partial charge in [-0.3, -0.25) is 15.1 Å². The summed E-state index contributed by atoms with van der Waals surface area (Å²) in [6, 6.07) is 5.26. The molecule has 1 aliphatic rings. The first-order valence-electron chi connectivity index (χ1n) is 6.96. The second-order valence-corrected chi connectivity index (χ2v) is 5.26. The van der Waals surface area contributed by atoms with Gasteiger partial charge in [0.25, 0.3) is 5.69 Å². The number of ether oxygens (including phenoxy) is 1. The Balaban J connectivity index is 2.30. The largest absolute Gasteiger partial charge is 0.378 e. The Kier molecular flexibility index (Phi) is 3.47. The zero-order valence-corrected chi connectivity index (χ0v) is 12.1. The summed E-state index contributed by atoms with van der Waals surface area (Å²) < 4.78 is 5.37. The fraction of sp³-hybridized carbons (Fsp3) is 0.400. The molecule has 0 amide bonds. The molecule has 2 heterocycles. The Hall–Kier alpha value is -2.21. The van der Waals surface area contributed by atoms with E-state index in [9.17, 15) is 10.1 Å². The van der Waals surface area contributed by atoms with Gasteiger partial charge in [0.05, 0.1) is 29.3 Å². The Bertz CT molecular complexity index is 709. The molecular formula is C15H17N3O3. The number of nitro groups is 1. The normalized spacial score (nSPS) is 15.4. The molecule has 1 aromatic heterocycles. The Morgan fingerprint density at radius 1 is 1.29 bits per heavy atom. The first-order valence-corrected chi connectivity index (χ1v) is 6.96. The van der Waals surface area contributed by atoms with Gasteiger partial charge in [0.15, 0.2) is 0 Å². The molecule has 0 radical (unpaired) electrons. The van der Waals surface area contributed by atoms with Crippen molar-refractivity contribution in [3.05, 3.63) is 39.6 Å². The van der Waals surface area contributed by atoms with Crippen molar-refractivity contribution in [2.45, 2.75) is 13.8 Å². The highest BCUT2D eigenvalue weighted by Crippen LogP contribution is 2.36. The molecule has 1 saturated heterocycles. The number of fused-ring (bicyclic) bond motifs is 1. The summed E-state index contributed by atoms with van der Waals surface area (Å²) in [5.74, 6) is 0. The average molecular weight is 287 g/mol. The van der Waals surface area contributed by atoms with E-state index in [4.69, 9.17) is 4.74 Å². The Labute approximate surface area is 122 Å². The van der Waals surface area contributed by atoms with Crippen LogP contribution < -0.4 is 4.90 Å². The van der Waals surface area contributed by atoms with Crippen molar-refractivity contribution in [1.29, 1.82) is 0 Å².